The highest BCUT2D eigenvalue weighted by atomic mass is 16.2. The summed E-state index contributed by atoms with van der Waals surface area (Å²) in [6, 6.07) is 9.63. The molecule has 2 aliphatic rings. The number of hydrogen-bond acceptors (Lipinski definition) is 3. The first-order valence-electron chi connectivity index (χ1n) is 8.41. The van der Waals surface area contributed by atoms with Gasteiger partial charge < -0.3 is 10.2 Å². The Labute approximate surface area is 136 Å². The molecule has 0 bridgehead atoms. The fourth-order valence-corrected chi connectivity index (χ4v) is 3.81. The van der Waals surface area contributed by atoms with Crippen molar-refractivity contribution in [3.63, 3.8) is 0 Å². The Morgan fingerprint density at radius 3 is 2.61 bits per heavy atom. The first-order valence-corrected chi connectivity index (χ1v) is 8.41. The van der Waals surface area contributed by atoms with Crippen LogP contribution in [0.15, 0.2) is 42.7 Å². The van der Waals surface area contributed by atoms with Crippen molar-refractivity contribution in [2.45, 2.75) is 12.8 Å². The minimum Gasteiger partial charge on any atom is -0.339 e. The van der Waals surface area contributed by atoms with Gasteiger partial charge in [-0.1, -0.05) is 6.07 Å². The maximum absolute atomic E-state index is 12.9. The molecule has 2 aliphatic heterocycles. The fraction of sp³-hybridized carbons (Fsp3) is 0.444. The van der Waals surface area contributed by atoms with Gasteiger partial charge in [0.05, 0.1) is 5.69 Å². The summed E-state index contributed by atoms with van der Waals surface area (Å²) in [7, 11) is 0. The van der Waals surface area contributed by atoms with E-state index < -0.39 is 0 Å². The number of likely N-dealkylation sites (tertiary alicyclic amines) is 1. The second kappa shape index (κ2) is 6.16. The average molecular weight is 310 g/mol. The van der Waals surface area contributed by atoms with Gasteiger partial charge in [-0.05, 0) is 62.0 Å². The van der Waals surface area contributed by atoms with Gasteiger partial charge in [-0.2, -0.15) is 5.10 Å². The zero-order valence-electron chi connectivity index (χ0n) is 13.2. The van der Waals surface area contributed by atoms with Gasteiger partial charge in [0.1, 0.15) is 0 Å². The van der Waals surface area contributed by atoms with Crippen LogP contribution >= 0.6 is 0 Å². The summed E-state index contributed by atoms with van der Waals surface area (Å²) in [4.78, 5) is 14.9. The topological polar surface area (TPSA) is 50.2 Å². The Morgan fingerprint density at radius 2 is 1.91 bits per heavy atom. The molecule has 2 fully saturated rings. The van der Waals surface area contributed by atoms with E-state index in [-0.39, 0.29) is 5.91 Å². The molecule has 1 aromatic heterocycles. The number of nitrogens with zero attached hydrogens (tertiary/aromatic N) is 3. The number of nitrogens with one attached hydrogen (secondary N) is 1. The third-order valence-electron chi connectivity index (χ3n) is 5.17. The third kappa shape index (κ3) is 2.88. The predicted molar refractivity (Wildman–Crippen MR) is 88.6 cm³/mol. The summed E-state index contributed by atoms with van der Waals surface area (Å²) in [5.41, 5.74) is 1.68. The van der Waals surface area contributed by atoms with E-state index in [2.05, 4.69) is 10.4 Å². The van der Waals surface area contributed by atoms with E-state index in [0.717, 1.165) is 62.1 Å². The second-order valence-electron chi connectivity index (χ2n) is 6.55. The molecule has 5 nitrogen and oxygen atoms in total. The quantitative estimate of drug-likeness (QED) is 0.922. The van der Waals surface area contributed by atoms with Crippen molar-refractivity contribution in [3.8, 4) is 5.69 Å². The molecule has 2 saturated heterocycles. The van der Waals surface area contributed by atoms with Crippen molar-refractivity contribution in [1.82, 2.24) is 20.0 Å². The van der Waals surface area contributed by atoms with Crippen molar-refractivity contribution in [3.05, 3.63) is 48.3 Å². The molecule has 0 unspecified atom stereocenters. The standard InChI is InChI=1S/C18H22N4O/c23-18(21-9-5-15-12-19-13-16(15)6-10-21)14-3-1-4-17(11-14)22-8-2-7-20-22/h1-4,7-8,11,15-16,19H,5-6,9-10,12-13H2/t15-,16+. The number of hydrogen-bond donors (Lipinski definition) is 1. The van der Waals surface area contributed by atoms with Gasteiger partial charge in [0.25, 0.3) is 5.91 Å². The lowest BCUT2D eigenvalue weighted by atomic mass is 9.92. The van der Waals surface area contributed by atoms with Gasteiger partial charge in [-0.3, -0.25) is 4.79 Å². The van der Waals surface area contributed by atoms with E-state index in [1.807, 2.05) is 41.4 Å². The number of carbonyl (C=O) groups excluding carboxylic acids is 1. The first-order chi connectivity index (χ1) is 11.3. The smallest absolute Gasteiger partial charge is 0.253 e. The van der Waals surface area contributed by atoms with Crippen LogP contribution in [0.3, 0.4) is 0 Å². The summed E-state index contributed by atoms with van der Waals surface area (Å²) in [6.45, 7) is 3.96. The Hall–Kier alpha value is -2.14. The Morgan fingerprint density at radius 1 is 1.13 bits per heavy atom. The normalized spacial score (nSPS) is 24.3. The van der Waals surface area contributed by atoms with Gasteiger partial charge in [-0.25, -0.2) is 4.68 Å². The van der Waals surface area contributed by atoms with Gasteiger partial charge >= 0.3 is 0 Å². The van der Waals surface area contributed by atoms with Crippen molar-refractivity contribution >= 4 is 5.91 Å². The van der Waals surface area contributed by atoms with Crippen LogP contribution in [-0.2, 0) is 0 Å². The molecule has 3 heterocycles. The number of aromatic nitrogens is 2. The van der Waals surface area contributed by atoms with E-state index >= 15 is 0 Å². The molecule has 2 atom stereocenters. The van der Waals surface area contributed by atoms with Gasteiger partial charge in [0, 0.05) is 31.0 Å². The van der Waals surface area contributed by atoms with Gasteiger partial charge in [0.15, 0.2) is 0 Å². The predicted octanol–water partition coefficient (Wildman–Crippen LogP) is 1.94. The van der Waals surface area contributed by atoms with Crippen LogP contribution in [0, 0.1) is 11.8 Å². The van der Waals surface area contributed by atoms with E-state index in [0.29, 0.717) is 0 Å². The molecule has 5 heteroatoms. The molecule has 2 aromatic rings. The largest absolute Gasteiger partial charge is 0.339 e. The van der Waals surface area contributed by atoms with E-state index in [1.165, 1.54) is 0 Å². The number of fused-ring (bicyclic) bond motifs is 1. The highest BCUT2D eigenvalue weighted by molar-refractivity contribution is 5.94. The van der Waals surface area contributed by atoms with Gasteiger partial charge in [-0.15, -0.1) is 0 Å². The molecule has 4 rings (SSSR count). The maximum Gasteiger partial charge on any atom is 0.253 e. The lowest BCUT2D eigenvalue weighted by Crippen LogP contribution is -2.32. The van der Waals surface area contributed by atoms with Crippen LogP contribution in [0.4, 0.5) is 0 Å². The minimum atomic E-state index is 0.145. The van der Waals surface area contributed by atoms with Crippen molar-refractivity contribution in [1.29, 1.82) is 0 Å². The highest BCUT2D eigenvalue weighted by Crippen LogP contribution is 2.27. The van der Waals surface area contributed by atoms with Crippen LogP contribution in [-0.4, -0.2) is 46.8 Å². The summed E-state index contributed by atoms with van der Waals surface area (Å²) in [6.07, 6.45) is 5.87. The monoisotopic (exact) mass is 310 g/mol. The lowest BCUT2D eigenvalue weighted by molar-refractivity contribution is 0.0758. The highest BCUT2D eigenvalue weighted by Gasteiger charge is 2.31. The minimum absolute atomic E-state index is 0.145. The summed E-state index contributed by atoms with van der Waals surface area (Å²) >= 11 is 0. The summed E-state index contributed by atoms with van der Waals surface area (Å²) in [5, 5.41) is 7.72. The molecule has 0 saturated carbocycles. The second-order valence-corrected chi connectivity index (χ2v) is 6.55. The summed E-state index contributed by atoms with van der Waals surface area (Å²) in [5.74, 6) is 1.62. The zero-order chi connectivity index (χ0) is 15.6. The number of benzene rings is 1. The SMILES string of the molecule is O=C(c1cccc(-n2cccn2)c1)N1CC[C@@H]2CNC[C@@H]2CC1. The molecule has 1 aromatic carbocycles. The van der Waals surface area contributed by atoms with Crippen LogP contribution < -0.4 is 5.32 Å². The van der Waals surface area contributed by atoms with E-state index in [1.54, 1.807) is 10.9 Å². The molecule has 120 valence electrons. The fourth-order valence-electron chi connectivity index (χ4n) is 3.81. The third-order valence-corrected chi connectivity index (χ3v) is 5.17. The maximum atomic E-state index is 12.9. The molecule has 0 radical (unpaired) electrons. The Balaban J connectivity index is 1.51. The van der Waals surface area contributed by atoms with Gasteiger partial charge in [0.2, 0.25) is 0 Å². The molecule has 0 spiro atoms. The molecule has 1 N–H and O–H groups in total. The van der Waals surface area contributed by atoms with Crippen LogP contribution in [0.25, 0.3) is 5.69 Å². The van der Waals surface area contributed by atoms with Crippen LogP contribution in [0.2, 0.25) is 0 Å². The molecular formula is C18H22N4O. The van der Waals surface area contributed by atoms with Crippen molar-refractivity contribution in [2.24, 2.45) is 11.8 Å². The number of rotatable bonds is 2. The lowest BCUT2D eigenvalue weighted by Gasteiger charge is -2.21. The van der Waals surface area contributed by atoms with Crippen molar-refractivity contribution < 1.29 is 4.79 Å². The van der Waals surface area contributed by atoms with E-state index in [9.17, 15) is 4.79 Å². The number of amides is 1. The Bertz CT molecular complexity index is 668. The molecule has 1 amide bonds. The summed E-state index contributed by atoms with van der Waals surface area (Å²) < 4.78 is 1.79. The number of carbonyl (C=O) groups is 1. The Kier molecular flexibility index (Phi) is 3.87. The van der Waals surface area contributed by atoms with Crippen LogP contribution in [0.1, 0.15) is 23.2 Å². The van der Waals surface area contributed by atoms with Crippen LogP contribution in [0.5, 0.6) is 0 Å². The zero-order valence-corrected chi connectivity index (χ0v) is 13.2. The first kappa shape index (κ1) is 14.5. The molecular weight excluding hydrogens is 288 g/mol. The molecule has 0 aliphatic carbocycles. The van der Waals surface area contributed by atoms with E-state index in [4.69, 9.17) is 0 Å². The molecule has 23 heavy (non-hydrogen) atoms. The van der Waals surface area contributed by atoms with Crippen molar-refractivity contribution in [2.75, 3.05) is 26.2 Å². The average Bonchev–Trinajstić information content (AvgIpc) is 3.23.